The van der Waals surface area contributed by atoms with Gasteiger partial charge in [-0.05, 0) is 24.6 Å². The molecular formula is C13H15BrO4S. The number of sulfone groups is 1. The van der Waals surface area contributed by atoms with Crippen LogP contribution in [0, 0.1) is 5.92 Å². The SMILES string of the molecule is COc1ccc(Br)cc1CC(=O)C1CCS(=O)(=O)C1. The minimum absolute atomic E-state index is 0.0118. The van der Waals surface area contributed by atoms with Gasteiger partial charge in [-0.1, -0.05) is 15.9 Å². The Morgan fingerprint density at radius 1 is 1.47 bits per heavy atom. The van der Waals surface area contributed by atoms with E-state index < -0.39 is 9.84 Å². The summed E-state index contributed by atoms with van der Waals surface area (Å²) in [6, 6.07) is 5.46. The highest BCUT2D eigenvalue weighted by Gasteiger charge is 2.32. The number of benzene rings is 1. The van der Waals surface area contributed by atoms with Crippen LogP contribution < -0.4 is 4.74 Å². The molecule has 0 saturated carbocycles. The summed E-state index contributed by atoms with van der Waals surface area (Å²) in [5.41, 5.74) is 0.783. The number of ketones is 1. The van der Waals surface area contributed by atoms with Crippen molar-refractivity contribution in [2.24, 2.45) is 5.92 Å². The van der Waals surface area contributed by atoms with Crippen LogP contribution >= 0.6 is 15.9 Å². The van der Waals surface area contributed by atoms with Gasteiger partial charge in [-0.25, -0.2) is 8.42 Å². The third-order valence-corrected chi connectivity index (χ3v) is 5.56. The third kappa shape index (κ3) is 3.57. The largest absolute Gasteiger partial charge is 0.496 e. The average molecular weight is 347 g/mol. The van der Waals surface area contributed by atoms with Crippen LogP contribution in [0.5, 0.6) is 5.75 Å². The van der Waals surface area contributed by atoms with Crippen LogP contribution in [0.2, 0.25) is 0 Å². The minimum Gasteiger partial charge on any atom is -0.496 e. The van der Waals surface area contributed by atoms with E-state index in [1.54, 1.807) is 13.2 Å². The molecule has 1 heterocycles. The monoisotopic (exact) mass is 346 g/mol. The number of halogens is 1. The van der Waals surface area contributed by atoms with Crippen LogP contribution in [0.3, 0.4) is 0 Å². The van der Waals surface area contributed by atoms with Crippen molar-refractivity contribution in [1.29, 1.82) is 0 Å². The molecule has 0 radical (unpaired) electrons. The first kappa shape index (κ1) is 14.5. The maximum Gasteiger partial charge on any atom is 0.151 e. The van der Waals surface area contributed by atoms with Crippen LogP contribution in [0.15, 0.2) is 22.7 Å². The van der Waals surface area contributed by atoms with Crippen LogP contribution in [0.25, 0.3) is 0 Å². The Morgan fingerprint density at radius 3 is 2.79 bits per heavy atom. The van der Waals surface area contributed by atoms with Crippen molar-refractivity contribution in [3.63, 3.8) is 0 Å². The molecule has 0 bridgehead atoms. The van der Waals surface area contributed by atoms with Crippen LogP contribution in [0.4, 0.5) is 0 Å². The van der Waals surface area contributed by atoms with Crippen LogP contribution in [0.1, 0.15) is 12.0 Å². The van der Waals surface area contributed by atoms with E-state index in [1.807, 2.05) is 12.1 Å². The van der Waals surface area contributed by atoms with Crippen molar-refractivity contribution < 1.29 is 17.9 Å². The van der Waals surface area contributed by atoms with Gasteiger partial charge in [0.25, 0.3) is 0 Å². The molecule has 1 unspecified atom stereocenters. The fourth-order valence-electron chi connectivity index (χ4n) is 2.27. The van der Waals surface area contributed by atoms with Gasteiger partial charge >= 0.3 is 0 Å². The Hall–Kier alpha value is -0.880. The van der Waals surface area contributed by atoms with Crippen molar-refractivity contribution >= 4 is 31.6 Å². The predicted octanol–water partition coefficient (Wildman–Crippen LogP) is 2.00. The summed E-state index contributed by atoms with van der Waals surface area (Å²) < 4.78 is 28.9. The van der Waals surface area contributed by atoms with Crippen molar-refractivity contribution in [2.45, 2.75) is 12.8 Å². The second-order valence-electron chi connectivity index (χ2n) is 4.70. The maximum absolute atomic E-state index is 12.1. The fraction of sp³-hybridized carbons (Fsp3) is 0.462. The molecule has 1 saturated heterocycles. The first-order valence-corrected chi connectivity index (χ1v) is 8.58. The highest BCUT2D eigenvalue weighted by molar-refractivity contribution is 9.10. The van der Waals surface area contributed by atoms with Gasteiger partial charge in [0.15, 0.2) is 9.84 Å². The van der Waals surface area contributed by atoms with Crippen LogP contribution in [-0.4, -0.2) is 32.8 Å². The van der Waals surface area contributed by atoms with E-state index in [2.05, 4.69) is 15.9 Å². The summed E-state index contributed by atoms with van der Waals surface area (Å²) in [7, 11) is -1.47. The molecule has 104 valence electrons. The van der Waals surface area contributed by atoms with Crippen molar-refractivity contribution in [2.75, 3.05) is 18.6 Å². The summed E-state index contributed by atoms with van der Waals surface area (Å²) >= 11 is 3.35. The molecule has 2 rings (SSSR count). The molecule has 1 aromatic carbocycles. The molecule has 0 aromatic heterocycles. The van der Waals surface area contributed by atoms with E-state index >= 15 is 0 Å². The molecule has 0 amide bonds. The molecule has 0 spiro atoms. The highest BCUT2D eigenvalue weighted by Crippen LogP contribution is 2.26. The zero-order chi connectivity index (χ0) is 14.0. The zero-order valence-electron chi connectivity index (χ0n) is 10.6. The lowest BCUT2D eigenvalue weighted by molar-refractivity contribution is -0.121. The second-order valence-corrected chi connectivity index (χ2v) is 7.84. The number of hydrogen-bond donors (Lipinski definition) is 0. The molecule has 4 nitrogen and oxygen atoms in total. The van der Waals surface area contributed by atoms with Gasteiger partial charge in [-0.2, -0.15) is 0 Å². The Labute approximate surface area is 121 Å². The lowest BCUT2D eigenvalue weighted by atomic mass is 9.97. The third-order valence-electron chi connectivity index (χ3n) is 3.29. The van der Waals surface area contributed by atoms with E-state index in [0.717, 1.165) is 10.0 Å². The molecule has 1 aromatic rings. The molecule has 1 atom stereocenters. The lowest BCUT2D eigenvalue weighted by Crippen LogP contribution is -2.18. The predicted molar refractivity (Wildman–Crippen MR) is 76.2 cm³/mol. The summed E-state index contributed by atoms with van der Waals surface area (Å²) in [5, 5.41) is 0. The zero-order valence-corrected chi connectivity index (χ0v) is 13.0. The molecular weight excluding hydrogens is 332 g/mol. The lowest BCUT2D eigenvalue weighted by Gasteiger charge is -2.11. The molecule has 6 heteroatoms. The number of ether oxygens (including phenoxy) is 1. The smallest absolute Gasteiger partial charge is 0.151 e. The number of carbonyl (C=O) groups excluding carboxylic acids is 1. The summed E-state index contributed by atoms with van der Waals surface area (Å²) in [6.45, 7) is 0. The number of rotatable bonds is 4. The standard InChI is InChI=1S/C13H15BrO4S/c1-18-13-3-2-11(14)6-10(13)7-12(15)9-4-5-19(16,17)8-9/h2-3,6,9H,4-5,7-8H2,1H3. The molecule has 1 aliphatic heterocycles. The van der Waals surface area contributed by atoms with E-state index in [4.69, 9.17) is 4.74 Å². The van der Waals surface area contributed by atoms with Gasteiger partial charge in [-0.15, -0.1) is 0 Å². The second kappa shape index (κ2) is 5.63. The summed E-state index contributed by atoms with van der Waals surface area (Å²) in [6.07, 6.45) is 0.653. The molecule has 0 aliphatic carbocycles. The van der Waals surface area contributed by atoms with E-state index in [-0.39, 0.29) is 29.6 Å². The number of Topliss-reactive ketones (excluding diaryl/α,β-unsaturated/α-hetero) is 1. The summed E-state index contributed by atoms with van der Waals surface area (Å²) in [5.74, 6) is 0.366. The number of methoxy groups -OCH3 is 1. The number of hydrogen-bond acceptors (Lipinski definition) is 4. The Kier molecular flexibility index (Phi) is 4.30. The molecule has 19 heavy (non-hydrogen) atoms. The average Bonchev–Trinajstić information content (AvgIpc) is 2.70. The Balaban J connectivity index is 2.13. The van der Waals surface area contributed by atoms with Crippen molar-refractivity contribution in [1.82, 2.24) is 0 Å². The summed E-state index contributed by atoms with van der Waals surface area (Å²) in [4.78, 5) is 12.1. The van der Waals surface area contributed by atoms with Gasteiger partial charge in [0, 0.05) is 22.4 Å². The molecule has 1 aliphatic rings. The number of carbonyl (C=O) groups is 1. The maximum atomic E-state index is 12.1. The Morgan fingerprint density at radius 2 is 2.21 bits per heavy atom. The van der Waals surface area contributed by atoms with Gasteiger partial charge < -0.3 is 4.74 Å². The van der Waals surface area contributed by atoms with Gasteiger partial charge in [0.2, 0.25) is 0 Å². The Bertz CT molecular complexity index is 595. The molecule has 1 fully saturated rings. The highest BCUT2D eigenvalue weighted by atomic mass is 79.9. The van der Waals surface area contributed by atoms with Crippen molar-refractivity contribution in [3.05, 3.63) is 28.2 Å². The quantitative estimate of drug-likeness (QED) is 0.836. The van der Waals surface area contributed by atoms with E-state index in [9.17, 15) is 13.2 Å². The van der Waals surface area contributed by atoms with Crippen LogP contribution in [-0.2, 0) is 21.1 Å². The van der Waals surface area contributed by atoms with Crippen molar-refractivity contribution in [3.8, 4) is 5.75 Å². The first-order chi connectivity index (χ1) is 8.91. The van der Waals surface area contributed by atoms with Gasteiger partial charge in [-0.3, -0.25) is 4.79 Å². The minimum atomic E-state index is -3.02. The first-order valence-electron chi connectivity index (χ1n) is 5.97. The van der Waals surface area contributed by atoms with E-state index in [0.29, 0.717) is 12.2 Å². The molecule has 0 N–H and O–H groups in total. The normalized spacial score (nSPS) is 21.3. The fourth-order valence-corrected chi connectivity index (χ4v) is 4.45. The van der Waals surface area contributed by atoms with E-state index in [1.165, 1.54) is 0 Å². The van der Waals surface area contributed by atoms with Gasteiger partial charge in [0.05, 0.1) is 18.6 Å². The topological polar surface area (TPSA) is 60.4 Å². The van der Waals surface area contributed by atoms with Gasteiger partial charge in [0.1, 0.15) is 11.5 Å².